The predicted molar refractivity (Wildman–Crippen MR) is 77.8 cm³/mol. The molecule has 1 amide bonds. The number of amides is 1. The summed E-state index contributed by atoms with van der Waals surface area (Å²) in [6.45, 7) is 6.04. The third-order valence-corrected chi connectivity index (χ3v) is 3.63. The number of hydrogen-bond donors (Lipinski definition) is 2. The molecule has 0 aromatic heterocycles. The van der Waals surface area contributed by atoms with E-state index in [9.17, 15) is 9.90 Å². The normalized spacial score (nSPS) is 12.5. The fourth-order valence-corrected chi connectivity index (χ4v) is 2.70. The zero-order valence-corrected chi connectivity index (χ0v) is 12.5. The Kier molecular flexibility index (Phi) is 5.24. The minimum Gasteiger partial charge on any atom is -0.507 e. The van der Waals surface area contributed by atoms with Crippen LogP contribution in [-0.2, 0) is 0 Å². The van der Waals surface area contributed by atoms with Gasteiger partial charge in [-0.3, -0.25) is 4.79 Å². The van der Waals surface area contributed by atoms with Gasteiger partial charge < -0.3 is 10.4 Å². The third kappa shape index (κ3) is 3.87. The number of carbonyl (C=O) groups excluding carboxylic acids is 1. The Morgan fingerprint density at radius 3 is 2.65 bits per heavy atom. The van der Waals surface area contributed by atoms with Crippen LogP contribution in [0.2, 0.25) is 0 Å². The summed E-state index contributed by atoms with van der Waals surface area (Å²) in [5.41, 5.74) is 1.31. The molecule has 0 saturated carbocycles. The van der Waals surface area contributed by atoms with Gasteiger partial charge in [0.25, 0.3) is 5.91 Å². The second-order valence-electron chi connectivity index (χ2n) is 4.50. The molecule has 0 aliphatic carbocycles. The van der Waals surface area contributed by atoms with Crippen molar-refractivity contribution in [1.82, 2.24) is 5.32 Å². The first-order valence-corrected chi connectivity index (χ1v) is 7.14. The lowest BCUT2D eigenvalue weighted by Crippen LogP contribution is -2.39. The van der Waals surface area contributed by atoms with Crippen molar-refractivity contribution >= 4 is 28.5 Å². The topological polar surface area (TPSA) is 49.3 Å². The van der Waals surface area contributed by atoms with E-state index in [0.29, 0.717) is 11.5 Å². The summed E-state index contributed by atoms with van der Waals surface area (Å²) in [5.74, 6) is 0.202. The fourth-order valence-electron chi connectivity index (χ4n) is 1.46. The van der Waals surface area contributed by atoms with E-state index < -0.39 is 0 Å². The number of phenolic OH excluding ortho intramolecular Hbond substituents is 1. The molecule has 0 fully saturated rings. The molecule has 0 aliphatic heterocycles. The molecule has 0 radical (unpaired) electrons. The third-order valence-electron chi connectivity index (χ3n) is 2.68. The summed E-state index contributed by atoms with van der Waals surface area (Å²) in [4.78, 5) is 12.0. The lowest BCUT2D eigenvalue weighted by molar-refractivity contribution is 0.0929. The SMILES string of the molecule is Cc1ccc(O)c(C(=O)NC(CI)C(C)C)c1. The van der Waals surface area contributed by atoms with Crippen molar-refractivity contribution in [1.29, 1.82) is 0 Å². The molecule has 1 rings (SSSR count). The van der Waals surface area contributed by atoms with Gasteiger partial charge in [0.2, 0.25) is 0 Å². The molecule has 1 aromatic rings. The van der Waals surface area contributed by atoms with Crippen molar-refractivity contribution in [3.8, 4) is 5.75 Å². The van der Waals surface area contributed by atoms with Crippen LogP contribution >= 0.6 is 22.6 Å². The van der Waals surface area contributed by atoms with Crippen molar-refractivity contribution in [2.75, 3.05) is 4.43 Å². The Morgan fingerprint density at radius 1 is 1.47 bits per heavy atom. The van der Waals surface area contributed by atoms with Gasteiger partial charge in [0.15, 0.2) is 0 Å². The summed E-state index contributed by atoms with van der Waals surface area (Å²) in [7, 11) is 0. The Balaban J connectivity index is 2.86. The van der Waals surface area contributed by atoms with Crippen LogP contribution in [0.3, 0.4) is 0 Å². The molecular formula is C13H18INO2. The van der Waals surface area contributed by atoms with Crippen LogP contribution in [0.4, 0.5) is 0 Å². The van der Waals surface area contributed by atoms with Crippen LogP contribution < -0.4 is 5.32 Å². The standard InChI is InChI=1S/C13H18INO2/c1-8(2)11(7-14)15-13(17)10-6-9(3)4-5-12(10)16/h4-6,8,11,16H,7H2,1-3H3,(H,15,17). The number of nitrogens with one attached hydrogen (secondary N) is 1. The lowest BCUT2D eigenvalue weighted by atomic mass is 10.0. The van der Waals surface area contributed by atoms with Crippen molar-refractivity contribution < 1.29 is 9.90 Å². The summed E-state index contributed by atoms with van der Waals surface area (Å²) < 4.78 is 0.855. The second-order valence-corrected chi connectivity index (χ2v) is 5.38. The first-order chi connectivity index (χ1) is 7.95. The Hall–Kier alpha value is -0.780. The van der Waals surface area contributed by atoms with Gasteiger partial charge >= 0.3 is 0 Å². The maximum Gasteiger partial charge on any atom is 0.255 e. The minimum absolute atomic E-state index is 0.0315. The molecule has 17 heavy (non-hydrogen) atoms. The van der Waals surface area contributed by atoms with Gasteiger partial charge in [-0.2, -0.15) is 0 Å². The smallest absolute Gasteiger partial charge is 0.255 e. The van der Waals surface area contributed by atoms with Gasteiger partial charge in [-0.25, -0.2) is 0 Å². The maximum absolute atomic E-state index is 12.0. The van der Waals surface area contributed by atoms with E-state index in [2.05, 4.69) is 41.8 Å². The summed E-state index contributed by atoms with van der Waals surface area (Å²) in [6, 6.07) is 5.17. The number of rotatable bonds is 4. The molecule has 94 valence electrons. The summed E-state index contributed by atoms with van der Waals surface area (Å²) in [6.07, 6.45) is 0. The van der Waals surface area contributed by atoms with Gasteiger partial charge in [-0.05, 0) is 25.0 Å². The summed E-state index contributed by atoms with van der Waals surface area (Å²) in [5, 5.41) is 12.6. The average molecular weight is 347 g/mol. The van der Waals surface area contributed by atoms with Crippen LogP contribution in [0.15, 0.2) is 18.2 Å². The summed E-state index contributed by atoms with van der Waals surface area (Å²) >= 11 is 2.26. The van der Waals surface area contributed by atoms with Crippen molar-refractivity contribution in [3.05, 3.63) is 29.3 Å². The number of halogens is 1. The molecule has 0 aliphatic rings. The van der Waals surface area contributed by atoms with E-state index in [-0.39, 0.29) is 17.7 Å². The van der Waals surface area contributed by atoms with Crippen LogP contribution in [0.5, 0.6) is 5.75 Å². The molecule has 1 aromatic carbocycles. The highest BCUT2D eigenvalue weighted by atomic mass is 127. The number of alkyl halides is 1. The number of hydrogen-bond acceptors (Lipinski definition) is 2. The molecule has 0 bridgehead atoms. The highest BCUT2D eigenvalue weighted by Gasteiger charge is 2.18. The monoisotopic (exact) mass is 347 g/mol. The molecule has 0 saturated heterocycles. The highest BCUT2D eigenvalue weighted by molar-refractivity contribution is 14.1. The van der Waals surface area contributed by atoms with Crippen LogP contribution in [0.1, 0.15) is 29.8 Å². The van der Waals surface area contributed by atoms with Crippen LogP contribution in [0, 0.1) is 12.8 Å². The van der Waals surface area contributed by atoms with E-state index in [0.717, 1.165) is 9.99 Å². The Bertz CT molecular complexity index is 404. The van der Waals surface area contributed by atoms with Gasteiger partial charge in [0, 0.05) is 10.5 Å². The van der Waals surface area contributed by atoms with E-state index in [1.807, 2.05) is 6.92 Å². The molecule has 3 nitrogen and oxygen atoms in total. The van der Waals surface area contributed by atoms with Crippen LogP contribution in [-0.4, -0.2) is 21.5 Å². The van der Waals surface area contributed by atoms with Gasteiger partial charge in [0.05, 0.1) is 5.56 Å². The number of carbonyl (C=O) groups is 1. The molecular weight excluding hydrogens is 329 g/mol. The van der Waals surface area contributed by atoms with E-state index in [1.54, 1.807) is 18.2 Å². The molecule has 4 heteroatoms. The Labute approximate surface area is 116 Å². The number of aromatic hydroxyl groups is 1. The molecule has 0 spiro atoms. The van der Waals surface area contributed by atoms with E-state index >= 15 is 0 Å². The fraction of sp³-hybridized carbons (Fsp3) is 0.462. The molecule has 1 unspecified atom stereocenters. The lowest BCUT2D eigenvalue weighted by Gasteiger charge is -2.20. The van der Waals surface area contributed by atoms with Crippen LogP contribution in [0.25, 0.3) is 0 Å². The number of phenols is 1. The number of benzene rings is 1. The van der Waals surface area contributed by atoms with Crippen molar-refractivity contribution in [2.24, 2.45) is 5.92 Å². The minimum atomic E-state index is -0.207. The number of aryl methyl sites for hydroxylation is 1. The molecule has 1 atom stereocenters. The van der Waals surface area contributed by atoms with E-state index in [1.165, 1.54) is 0 Å². The second kappa shape index (κ2) is 6.23. The average Bonchev–Trinajstić information content (AvgIpc) is 2.28. The predicted octanol–water partition coefficient (Wildman–Crippen LogP) is 2.89. The van der Waals surface area contributed by atoms with Gasteiger partial charge in [-0.1, -0.05) is 48.1 Å². The molecule has 2 N–H and O–H groups in total. The first-order valence-electron chi connectivity index (χ1n) is 5.62. The maximum atomic E-state index is 12.0. The van der Waals surface area contributed by atoms with Gasteiger partial charge in [0.1, 0.15) is 5.75 Å². The van der Waals surface area contributed by atoms with Crippen molar-refractivity contribution in [3.63, 3.8) is 0 Å². The van der Waals surface area contributed by atoms with E-state index in [4.69, 9.17) is 0 Å². The zero-order valence-electron chi connectivity index (χ0n) is 10.3. The first kappa shape index (κ1) is 14.3. The zero-order chi connectivity index (χ0) is 13.0. The Morgan fingerprint density at radius 2 is 2.12 bits per heavy atom. The van der Waals surface area contributed by atoms with Gasteiger partial charge in [-0.15, -0.1) is 0 Å². The quantitative estimate of drug-likeness (QED) is 0.650. The molecule has 0 heterocycles. The largest absolute Gasteiger partial charge is 0.507 e. The highest BCUT2D eigenvalue weighted by Crippen LogP contribution is 2.18. The van der Waals surface area contributed by atoms with Crippen molar-refractivity contribution in [2.45, 2.75) is 26.8 Å².